The number of aromatic nitrogens is 4. The predicted octanol–water partition coefficient (Wildman–Crippen LogP) is 4.20. The molecule has 7 heteroatoms. The summed E-state index contributed by atoms with van der Waals surface area (Å²) in [6.07, 6.45) is 5.85. The molecule has 0 unspecified atom stereocenters. The second kappa shape index (κ2) is 8.31. The molecule has 0 aliphatic heterocycles. The Bertz CT molecular complexity index is 909. The molecule has 138 valence electrons. The first-order chi connectivity index (χ1) is 12.7. The first-order valence-corrected chi connectivity index (χ1v) is 9.61. The second-order valence-electron chi connectivity index (χ2n) is 6.25. The van der Waals surface area contributed by atoms with Crippen LogP contribution in [-0.4, -0.2) is 32.7 Å². The Balaban J connectivity index is 1.97. The van der Waals surface area contributed by atoms with E-state index < -0.39 is 0 Å². The molecule has 0 saturated heterocycles. The van der Waals surface area contributed by atoms with E-state index in [1.165, 1.54) is 0 Å². The van der Waals surface area contributed by atoms with Gasteiger partial charge in [-0.3, -0.25) is 0 Å². The van der Waals surface area contributed by atoms with Gasteiger partial charge < -0.3 is 15.2 Å². The Hall–Kier alpha value is -2.41. The first-order valence-electron chi connectivity index (χ1n) is 9.20. The van der Waals surface area contributed by atoms with Crippen LogP contribution in [0.1, 0.15) is 38.3 Å². The molecule has 0 amide bonds. The van der Waals surface area contributed by atoms with Gasteiger partial charge in [0.1, 0.15) is 16.3 Å². The monoisotopic (exact) mass is 370 g/mol. The molecular weight excluding hydrogens is 344 g/mol. The maximum absolute atomic E-state index is 5.11. The van der Waals surface area contributed by atoms with Gasteiger partial charge in [0.05, 0.1) is 6.20 Å². The van der Waals surface area contributed by atoms with Crippen molar-refractivity contribution < 1.29 is 0 Å². The van der Waals surface area contributed by atoms with Crippen LogP contribution in [0.4, 0.5) is 11.6 Å². The molecule has 3 heterocycles. The molecule has 0 spiro atoms. The molecule has 0 radical (unpaired) electrons. The second-order valence-corrected chi connectivity index (χ2v) is 6.69. The molecule has 0 bridgehead atoms. The minimum atomic E-state index is 0.686. The summed E-state index contributed by atoms with van der Waals surface area (Å²) >= 11 is 5.11. The number of anilines is 2. The van der Waals surface area contributed by atoms with Gasteiger partial charge >= 0.3 is 0 Å². The standard InChI is InChI=1S/C19H26N6S/c1-4-9-24(6-3)17-10-16(20-11-14-7-8-18(26)21-12-14)25-19(23-17)15(5-2)13-22-25/h7-8,10,12-13,20H,4-6,9,11H2,1-3H3,(H,21,26). The number of aromatic amines is 1. The number of aryl methyl sites for hydroxylation is 1. The molecule has 0 aliphatic carbocycles. The third-order valence-corrected chi connectivity index (χ3v) is 4.69. The van der Waals surface area contributed by atoms with Crippen molar-refractivity contribution >= 4 is 29.5 Å². The van der Waals surface area contributed by atoms with E-state index in [1.807, 2.05) is 29.0 Å². The van der Waals surface area contributed by atoms with Gasteiger partial charge in [0.25, 0.3) is 0 Å². The Kier molecular flexibility index (Phi) is 5.88. The molecule has 0 atom stereocenters. The number of hydrogen-bond acceptors (Lipinski definition) is 5. The number of nitrogens with one attached hydrogen (secondary N) is 2. The van der Waals surface area contributed by atoms with E-state index in [4.69, 9.17) is 17.2 Å². The number of pyridine rings is 1. The molecule has 3 aromatic rings. The zero-order valence-electron chi connectivity index (χ0n) is 15.6. The van der Waals surface area contributed by atoms with Crippen LogP contribution in [0.25, 0.3) is 5.65 Å². The number of fused-ring (bicyclic) bond motifs is 1. The van der Waals surface area contributed by atoms with Crippen LogP contribution in [0.3, 0.4) is 0 Å². The molecule has 2 N–H and O–H groups in total. The van der Waals surface area contributed by atoms with Crippen molar-refractivity contribution in [2.24, 2.45) is 0 Å². The van der Waals surface area contributed by atoms with Gasteiger partial charge in [-0.15, -0.1) is 0 Å². The average Bonchev–Trinajstić information content (AvgIpc) is 3.08. The summed E-state index contributed by atoms with van der Waals surface area (Å²) in [5.74, 6) is 1.94. The van der Waals surface area contributed by atoms with Crippen LogP contribution in [-0.2, 0) is 13.0 Å². The quantitative estimate of drug-likeness (QED) is 0.582. The summed E-state index contributed by atoms with van der Waals surface area (Å²) in [4.78, 5) is 10.3. The van der Waals surface area contributed by atoms with Crippen molar-refractivity contribution in [2.75, 3.05) is 23.3 Å². The molecule has 3 aromatic heterocycles. The topological polar surface area (TPSA) is 61.2 Å². The molecule has 0 saturated carbocycles. The fourth-order valence-electron chi connectivity index (χ4n) is 2.98. The number of hydrogen-bond donors (Lipinski definition) is 2. The zero-order chi connectivity index (χ0) is 18.5. The van der Waals surface area contributed by atoms with E-state index >= 15 is 0 Å². The van der Waals surface area contributed by atoms with Crippen molar-refractivity contribution in [3.63, 3.8) is 0 Å². The molecule has 26 heavy (non-hydrogen) atoms. The van der Waals surface area contributed by atoms with Crippen LogP contribution < -0.4 is 10.2 Å². The summed E-state index contributed by atoms with van der Waals surface area (Å²) < 4.78 is 2.63. The molecule has 0 aromatic carbocycles. The maximum Gasteiger partial charge on any atom is 0.162 e. The smallest absolute Gasteiger partial charge is 0.162 e. The van der Waals surface area contributed by atoms with Gasteiger partial charge in [0, 0.05) is 37.5 Å². The van der Waals surface area contributed by atoms with E-state index in [0.29, 0.717) is 6.54 Å². The fraction of sp³-hybridized carbons (Fsp3) is 0.421. The lowest BCUT2D eigenvalue weighted by molar-refractivity contribution is 0.775. The third-order valence-electron chi connectivity index (χ3n) is 4.43. The van der Waals surface area contributed by atoms with Gasteiger partial charge in [0.2, 0.25) is 0 Å². The Labute approximate surface area is 159 Å². The molecule has 6 nitrogen and oxygen atoms in total. The summed E-state index contributed by atoms with van der Waals surface area (Å²) in [5.41, 5.74) is 3.22. The molecular formula is C19H26N6S. The van der Waals surface area contributed by atoms with Gasteiger partial charge in [0.15, 0.2) is 5.65 Å². The molecule has 0 fully saturated rings. The van der Waals surface area contributed by atoms with E-state index in [-0.39, 0.29) is 0 Å². The van der Waals surface area contributed by atoms with Crippen LogP contribution in [0.5, 0.6) is 0 Å². The van der Waals surface area contributed by atoms with Gasteiger partial charge in [-0.05, 0) is 31.4 Å². The van der Waals surface area contributed by atoms with Crippen molar-refractivity contribution in [1.82, 2.24) is 19.6 Å². The summed E-state index contributed by atoms with van der Waals surface area (Å²) in [6, 6.07) is 6.02. The van der Waals surface area contributed by atoms with Crippen molar-refractivity contribution in [2.45, 2.75) is 40.2 Å². The third kappa shape index (κ3) is 3.88. The summed E-state index contributed by atoms with van der Waals surface area (Å²) in [5, 5.41) is 8.04. The number of rotatable bonds is 8. The Morgan fingerprint density at radius 3 is 2.77 bits per heavy atom. The van der Waals surface area contributed by atoms with Crippen LogP contribution in [0, 0.1) is 4.64 Å². The zero-order valence-corrected chi connectivity index (χ0v) is 16.4. The normalized spacial score (nSPS) is 11.0. The predicted molar refractivity (Wildman–Crippen MR) is 109 cm³/mol. The number of H-pyrrole nitrogens is 1. The highest BCUT2D eigenvalue weighted by atomic mass is 32.1. The fourth-order valence-corrected chi connectivity index (χ4v) is 3.11. The summed E-state index contributed by atoms with van der Waals surface area (Å²) in [6.45, 7) is 9.10. The highest BCUT2D eigenvalue weighted by Gasteiger charge is 2.14. The molecule has 3 rings (SSSR count). The number of nitrogens with zero attached hydrogens (tertiary/aromatic N) is 4. The van der Waals surface area contributed by atoms with Crippen molar-refractivity contribution in [1.29, 1.82) is 0 Å². The SMILES string of the molecule is CCCN(CC)c1cc(NCc2ccc(=S)[nH]c2)n2ncc(CC)c2n1. The Morgan fingerprint density at radius 2 is 2.12 bits per heavy atom. The lowest BCUT2D eigenvalue weighted by Crippen LogP contribution is -2.25. The van der Waals surface area contributed by atoms with E-state index in [1.54, 1.807) is 0 Å². The first kappa shape index (κ1) is 18.4. The Morgan fingerprint density at radius 1 is 1.27 bits per heavy atom. The van der Waals surface area contributed by atoms with Crippen LogP contribution >= 0.6 is 12.2 Å². The van der Waals surface area contributed by atoms with Crippen LogP contribution in [0.2, 0.25) is 0 Å². The summed E-state index contributed by atoms with van der Waals surface area (Å²) in [7, 11) is 0. The maximum atomic E-state index is 5.11. The van der Waals surface area contributed by atoms with E-state index in [0.717, 1.165) is 59.0 Å². The highest BCUT2D eigenvalue weighted by Crippen LogP contribution is 2.22. The average molecular weight is 371 g/mol. The van der Waals surface area contributed by atoms with Crippen molar-refractivity contribution in [3.8, 4) is 0 Å². The van der Waals surface area contributed by atoms with Gasteiger partial charge in [-0.25, -0.2) is 4.98 Å². The largest absolute Gasteiger partial charge is 0.366 e. The highest BCUT2D eigenvalue weighted by molar-refractivity contribution is 7.71. The van der Waals surface area contributed by atoms with Crippen LogP contribution in [0.15, 0.2) is 30.6 Å². The van der Waals surface area contributed by atoms with Gasteiger partial charge in [-0.1, -0.05) is 32.1 Å². The molecule has 0 aliphatic rings. The minimum Gasteiger partial charge on any atom is -0.366 e. The van der Waals surface area contributed by atoms with Crippen molar-refractivity contribution in [3.05, 3.63) is 46.4 Å². The minimum absolute atomic E-state index is 0.686. The van der Waals surface area contributed by atoms with E-state index in [9.17, 15) is 0 Å². The van der Waals surface area contributed by atoms with Gasteiger partial charge in [-0.2, -0.15) is 9.61 Å². The lowest BCUT2D eigenvalue weighted by atomic mass is 10.2. The van der Waals surface area contributed by atoms with E-state index in [2.05, 4.69) is 47.1 Å². The lowest BCUT2D eigenvalue weighted by Gasteiger charge is -2.22.